The largest absolute Gasteiger partial charge is 0.467 e. The fraction of sp³-hybridized carbons (Fsp3) is 0.545. The van der Waals surface area contributed by atoms with Crippen molar-refractivity contribution in [3.63, 3.8) is 0 Å². The molecule has 0 radical (unpaired) electrons. The Kier molecular flexibility index (Phi) is 3.50. The third-order valence-electron chi connectivity index (χ3n) is 3.12. The molecule has 0 aliphatic carbocycles. The van der Waals surface area contributed by atoms with Crippen molar-refractivity contribution in [1.29, 1.82) is 0 Å². The smallest absolute Gasteiger partial charge is 0.328 e. The van der Waals surface area contributed by atoms with Gasteiger partial charge < -0.3 is 15.4 Å². The predicted molar refractivity (Wildman–Crippen MR) is 63.7 cm³/mol. The first-order chi connectivity index (χ1) is 8.65. The van der Waals surface area contributed by atoms with Crippen molar-refractivity contribution < 1.29 is 14.3 Å². The molecule has 1 atom stereocenters. The van der Waals surface area contributed by atoms with Crippen LogP contribution in [0, 0.1) is 0 Å². The maximum atomic E-state index is 12.3. The Morgan fingerprint density at radius 3 is 2.94 bits per heavy atom. The lowest BCUT2D eigenvalue weighted by atomic mass is 10.0. The minimum atomic E-state index is -0.529. The van der Waals surface area contributed by atoms with Gasteiger partial charge in [-0.3, -0.25) is 9.89 Å². The topological polar surface area (TPSA) is 101 Å². The number of esters is 1. The summed E-state index contributed by atoms with van der Waals surface area (Å²) in [6.45, 7) is 0.525. The van der Waals surface area contributed by atoms with Crippen molar-refractivity contribution in [2.24, 2.45) is 0 Å². The van der Waals surface area contributed by atoms with Crippen LogP contribution < -0.4 is 5.73 Å². The first-order valence-electron chi connectivity index (χ1n) is 5.82. The summed E-state index contributed by atoms with van der Waals surface area (Å²) in [7, 11) is 1.32. The van der Waals surface area contributed by atoms with Crippen LogP contribution in [0.2, 0.25) is 0 Å². The van der Waals surface area contributed by atoms with E-state index in [0.29, 0.717) is 13.0 Å². The number of nitrogens with two attached hydrogens (primary N) is 1. The minimum absolute atomic E-state index is 0.228. The number of anilines is 1. The van der Waals surface area contributed by atoms with Crippen molar-refractivity contribution in [3.05, 3.63) is 11.9 Å². The van der Waals surface area contributed by atoms with Crippen LogP contribution in [-0.2, 0) is 9.53 Å². The lowest BCUT2D eigenvalue weighted by molar-refractivity contribution is -0.147. The van der Waals surface area contributed by atoms with E-state index in [2.05, 4.69) is 10.2 Å². The van der Waals surface area contributed by atoms with E-state index in [-0.39, 0.29) is 23.3 Å². The van der Waals surface area contributed by atoms with E-state index < -0.39 is 6.04 Å². The van der Waals surface area contributed by atoms with Crippen molar-refractivity contribution in [2.45, 2.75) is 25.3 Å². The van der Waals surface area contributed by atoms with Gasteiger partial charge in [-0.2, -0.15) is 5.10 Å². The van der Waals surface area contributed by atoms with Crippen molar-refractivity contribution in [2.75, 3.05) is 19.4 Å². The van der Waals surface area contributed by atoms with Crippen LogP contribution in [0.25, 0.3) is 0 Å². The van der Waals surface area contributed by atoms with Gasteiger partial charge in [-0.25, -0.2) is 4.79 Å². The monoisotopic (exact) mass is 252 g/mol. The molecule has 18 heavy (non-hydrogen) atoms. The Morgan fingerprint density at radius 1 is 1.56 bits per heavy atom. The number of amides is 1. The molecule has 0 saturated carbocycles. The number of carbonyl (C=O) groups is 2. The molecule has 1 unspecified atom stereocenters. The number of piperidine rings is 1. The fourth-order valence-corrected chi connectivity index (χ4v) is 2.17. The molecule has 1 aliphatic rings. The second-order valence-corrected chi connectivity index (χ2v) is 4.23. The van der Waals surface area contributed by atoms with Gasteiger partial charge in [-0.15, -0.1) is 0 Å². The molecule has 7 heteroatoms. The number of nitrogens with zero attached hydrogens (tertiary/aromatic N) is 2. The molecule has 1 amide bonds. The summed E-state index contributed by atoms with van der Waals surface area (Å²) in [6.07, 6.45) is 3.77. The molecule has 2 heterocycles. The van der Waals surface area contributed by atoms with E-state index >= 15 is 0 Å². The summed E-state index contributed by atoms with van der Waals surface area (Å²) in [5.74, 6) is -0.693. The number of rotatable bonds is 2. The van der Waals surface area contributed by atoms with Gasteiger partial charge in [-0.1, -0.05) is 0 Å². The highest BCUT2D eigenvalue weighted by molar-refractivity contribution is 5.99. The number of methoxy groups -OCH3 is 1. The zero-order valence-electron chi connectivity index (χ0n) is 10.2. The maximum Gasteiger partial charge on any atom is 0.328 e. The molecule has 1 aromatic heterocycles. The predicted octanol–water partition coefficient (Wildman–Crippen LogP) is 0.160. The summed E-state index contributed by atoms with van der Waals surface area (Å²) >= 11 is 0. The number of aromatic nitrogens is 2. The average Bonchev–Trinajstić information content (AvgIpc) is 2.83. The Hall–Kier alpha value is -2.05. The molecule has 2 rings (SSSR count). The SMILES string of the molecule is COC(=O)C1CCCCN1C(=O)c1[nH]ncc1N. The average molecular weight is 252 g/mol. The number of H-pyrrole nitrogens is 1. The van der Waals surface area contributed by atoms with Gasteiger partial charge in [0.15, 0.2) is 0 Å². The van der Waals surface area contributed by atoms with E-state index in [1.165, 1.54) is 18.2 Å². The third kappa shape index (κ3) is 2.15. The number of aromatic amines is 1. The quantitative estimate of drug-likeness (QED) is 0.730. The standard InChI is InChI=1S/C11H16N4O3/c1-18-11(17)8-4-2-3-5-15(8)10(16)9-7(12)6-13-14-9/h6,8H,2-5,12H2,1H3,(H,13,14). The molecule has 0 aromatic carbocycles. The Balaban J connectivity index is 2.21. The summed E-state index contributed by atoms with van der Waals surface area (Å²) in [4.78, 5) is 25.4. The highest BCUT2D eigenvalue weighted by Gasteiger charge is 2.34. The first-order valence-corrected chi connectivity index (χ1v) is 5.82. The Morgan fingerprint density at radius 2 is 2.33 bits per heavy atom. The molecular weight excluding hydrogens is 236 g/mol. The van der Waals surface area contributed by atoms with Gasteiger partial charge in [0.05, 0.1) is 19.0 Å². The molecule has 98 valence electrons. The number of nitrogen functional groups attached to an aromatic ring is 1. The normalized spacial score (nSPS) is 19.6. The van der Waals surface area contributed by atoms with Crippen molar-refractivity contribution in [3.8, 4) is 0 Å². The van der Waals surface area contributed by atoms with Gasteiger partial charge in [0, 0.05) is 6.54 Å². The summed E-state index contributed by atoms with van der Waals surface area (Å²) in [6, 6.07) is -0.529. The van der Waals surface area contributed by atoms with E-state index in [0.717, 1.165) is 12.8 Å². The number of carbonyl (C=O) groups excluding carboxylic acids is 2. The van der Waals surface area contributed by atoms with Gasteiger partial charge in [-0.05, 0) is 19.3 Å². The van der Waals surface area contributed by atoms with E-state index in [1.54, 1.807) is 0 Å². The second kappa shape index (κ2) is 5.07. The molecule has 7 nitrogen and oxygen atoms in total. The van der Waals surface area contributed by atoms with Crippen LogP contribution >= 0.6 is 0 Å². The van der Waals surface area contributed by atoms with Crippen LogP contribution in [-0.4, -0.2) is 46.7 Å². The minimum Gasteiger partial charge on any atom is -0.467 e. The van der Waals surface area contributed by atoms with Crippen LogP contribution in [0.1, 0.15) is 29.8 Å². The zero-order chi connectivity index (χ0) is 13.1. The summed E-state index contributed by atoms with van der Waals surface area (Å²) in [5, 5.41) is 6.28. The highest BCUT2D eigenvalue weighted by Crippen LogP contribution is 2.21. The maximum absolute atomic E-state index is 12.3. The Labute approximate surface area is 104 Å². The van der Waals surface area contributed by atoms with E-state index in [4.69, 9.17) is 10.5 Å². The molecular formula is C11H16N4O3. The van der Waals surface area contributed by atoms with Crippen LogP contribution in [0.15, 0.2) is 6.20 Å². The first kappa shape index (κ1) is 12.4. The van der Waals surface area contributed by atoms with Gasteiger partial charge in [0.1, 0.15) is 11.7 Å². The third-order valence-corrected chi connectivity index (χ3v) is 3.12. The highest BCUT2D eigenvalue weighted by atomic mass is 16.5. The molecule has 1 fully saturated rings. The molecule has 3 N–H and O–H groups in total. The van der Waals surface area contributed by atoms with E-state index in [9.17, 15) is 9.59 Å². The number of hydrogen-bond acceptors (Lipinski definition) is 5. The number of likely N-dealkylation sites (tertiary alicyclic amines) is 1. The number of hydrogen-bond donors (Lipinski definition) is 2. The Bertz CT molecular complexity index is 457. The van der Waals surface area contributed by atoms with Crippen molar-refractivity contribution in [1.82, 2.24) is 15.1 Å². The van der Waals surface area contributed by atoms with E-state index in [1.807, 2.05) is 0 Å². The second-order valence-electron chi connectivity index (χ2n) is 4.23. The molecule has 1 saturated heterocycles. The van der Waals surface area contributed by atoms with Gasteiger partial charge >= 0.3 is 5.97 Å². The lowest BCUT2D eigenvalue weighted by Gasteiger charge is -2.33. The number of nitrogens with one attached hydrogen (secondary N) is 1. The van der Waals surface area contributed by atoms with Gasteiger partial charge in [0.25, 0.3) is 5.91 Å². The van der Waals surface area contributed by atoms with Gasteiger partial charge in [0.2, 0.25) is 0 Å². The van der Waals surface area contributed by atoms with Crippen molar-refractivity contribution >= 4 is 17.6 Å². The fourth-order valence-electron chi connectivity index (χ4n) is 2.17. The van der Waals surface area contributed by atoms with Crippen LogP contribution in [0.5, 0.6) is 0 Å². The lowest BCUT2D eigenvalue weighted by Crippen LogP contribution is -2.48. The van der Waals surface area contributed by atoms with Crippen LogP contribution in [0.3, 0.4) is 0 Å². The summed E-state index contributed by atoms with van der Waals surface area (Å²) in [5.41, 5.74) is 6.16. The number of ether oxygens (including phenoxy) is 1. The zero-order valence-corrected chi connectivity index (χ0v) is 10.2. The summed E-state index contributed by atoms with van der Waals surface area (Å²) < 4.78 is 4.73. The molecule has 1 aliphatic heterocycles. The molecule has 0 spiro atoms. The van der Waals surface area contributed by atoms with Crippen LogP contribution in [0.4, 0.5) is 5.69 Å². The molecule has 1 aromatic rings. The molecule has 0 bridgehead atoms.